The minimum absolute atomic E-state index is 0.176. The minimum atomic E-state index is 0.176. The van der Waals surface area contributed by atoms with Crippen LogP contribution in [0.1, 0.15) is 19.3 Å². The average molecular weight is 292 g/mol. The van der Waals surface area contributed by atoms with Gasteiger partial charge in [0, 0.05) is 26.2 Å². The standard InChI is InChI=1S/C16H24N2O3/c1-17(12-16(19)18-9-5-4-6-10-18)14-8-7-13(20-2)11-15(14)21-3/h7-8,11H,4-6,9-10,12H2,1-3H3. The van der Waals surface area contributed by atoms with E-state index in [2.05, 4.69) is 0 Å². The lowest BCUT2D eigenvalue weighted by Gasteiger charge is -2.29. The third kappa shape index (κ3) is 3.80. The summed E-state index contributed by atoms with van der Waals surface area (Å²) in [5, 5.41) is 0. The molecule has 1 aromatic rings. The monoisotopic (exact) mass is 292 g/mol. The van der Waals surface area contributed by atoms with Gasteiger partial charge in [0.1, 0.15) is 11.5 Å². The van der Waals surface area contributed by atoms with E-state index < -0.39 is 0 Å². The highest BCUT2D eigenvalue weighted by molar-refractivity contribution is 5.82. The Bertz CT molecular complexity index is 484. The van der Waals surface area contributed by atoms with Gasteiger partial charge in [-0.25, -0.2) is 0 Å². The molecule has 0 unspecified atom stereocenters. The molecule has 0 spiro atoms. The van der Waals surface area contributed by atoms with Gasteiger partial charge in [0.15, 0.2) is 0 Å². The summed E-state index contributed by atoms with van der Waals surface area (Å²) in [6.45, 7) is 2.13. The van der Waals surface area contributed by atoms with Gasteiger partial charge in [-0.3, -0.25) is 4.79 Å². The molecule has 1 heterocycles. The van der Waals surface area contributed by atoms with Gasteiger partial charge in [0.25, 0.3) is 0 Å². The summed E-state index contributed by atoms with van der Waals surface area (Å²) in [6, 6.07) is 5.62. The topological polar surface area (TPSA) is 42.0 Å². The van der Waals surface area contributed by atoms with E-state index in [1.807, 2.05) is 35.0 Å². The molecule has 1 saturated heterocycles. The van der Waals surface area contributed by atoms with Gasteiger partial charge in [0.05, 0.1) is 26.5 Å². The van der Waals surface area contributed by atoms with Gasteiger partial charge in [-0.15, -0.1) is 0 Å². The van der Waals surface area contributed by atoms with Crippen molar-refractivity contribution in [2.75, 3.05) is 45.8 Å². The fraction of sp³-hybridized carbons (Fsp3) is 0.562. The van der Waals surface area contributed by atoms with Crippen LogP contribution in [0.3, 0.4) is 0 Å². The molecule has 0 N–H and O–H groups in total. The van der Waals surface area contributed by atoms with Crippen molar-refractivity contribution in [1.82, 2.24) is 4.90 Å². The zero-order chi connectivity index (χ0) is 15.2. The molecule has 21 heavy (non-hydrogen) atoms. The SMILES string of the molecule is COc1ccc(N(C)CC(=O)N2CCCCC2)c(OC)c1. The first kappa shape index (κ1) is 15.5. The molecule has 0 aliphatic carbocycles. The summed E-state index contributed by atoms with van der Waals surface area (Å²) in [5.74, 6) is 1.63. The van der Waals surface area contributed by atoms with Crippen LogP contribution < -0.4 is 14.4 Å². The second-order valence-corrected chi connectivity index (χ2v) is 5.34. The van der Waals surface area contributed by atoms with E-state index in [0.29, 0.717) is 12.3 Å². The van der Waals surface area contributed by atoms with E-state index in [-0.39, 0.29) is 5.91 Å². The molecule has 0 atom stereocenters. The van der Waals surface area contributed by atoms with E-state index in [1.165, 1.54) is 6.42 Å². The Labute approximate surface area is 126 Å². The molecule has 5 nitrogen and oxygen atoms in total. The first-order valence-electron chi connectivity index (χ1n) is 7.36. The second kappa shape index (κ2) is 7.20. The molecular formula is C16H24N2O3. The molecule has 1 aliphatic rings. The van der Waals surface area contributed by atoms with Crippen LogP contribution in [0.15, 0.2) is 18.2 Å². The van der Waals surface area contributed by atoms with Gasteiger partial charge < -0.3 is 19.3 Å². The summed E-state index contributed by atoms with van der Waals surface area (Å²) < 4.78 is 10.6. The summed E-state index contributed by atoms with van der Waals surface area (Å²) in [7, 11) is 5.16. The first-order chi connectivity index (χ1) is 10.2. The fourth-order valence-corrected chi connectivity index (χ4v) is 2.63. The number of hydrogen-bond donors (Lipinski definition) is 0. The van der Waals surface area contributed by atoms with Crippen molar-refractivity contribution in [1.29, 1.82) is 0 Å². The lowest BCUT2D eigenvalue weighted by molar-refractivity contribution is -0.130. The Morgan fingerprint density at radius 2 is 1.90 bits per heavy atom. The van der Waals surface area contributed by atoms with Gasteiger partial charge in [-0.05, 0) is 31.4 Å². The molecule has 1 amide bonds. The van der Waals surface area contributed by atoms with Crippen LogP contribution in [0, 0.1) is 0 Å². The smallest absolute Gasteiger partial charge is 0.242 e. The lowest BCUT2D eigenvalue weighted by atomic mass is 10.1. The molecule has 116 valence electrons. The van der Waals surface area contributed by atoms with E-state index in [9.17, 15) is 4.79 Å². The second-order valence-electron chi connectivity index (χ2n) is 5.34. The molecule has 1 aliphatic heterocycles. The van der Waals surface area contributed by atoms with Crippen LogP contribution >= 0.6 is 0 Å². The molecule has 1 aromatic carbocycles. The van der Waals surface area contributed by atoms with Crippen molar-refractivity contribution in [3.63, 3.8) is 0 Å². The maximum atomic E-state index is 12.3. The number of rotatable bonds is 5. The van der Waals surface area contributed by atoms with Gasteiger partial charge in [-0.2, -0.15) is 0 Å². The van der Waals surface area contributed by atoms with E-state index in [4.69, 9.17) is 9.47 Å². The van der Waals surface area contributed by atoms with Crippen molar-refractivity contribution in [2.45, 2.75) is 19.3 Å². The summed E-state index contributed by atoms with van der Waals surface area (Å²) in [6.07, 6.45) is 3.45. The van der Waals surface area contributed by atoms with Crippen molar-refractivity contribution in [2.24, 2.45) is 0 Å². The number of methoxy groups -OCH3 is 2. The first-order valence-corrected chi connectivity index (χ1v) is 7.36. The Balaban J connectivity index is 2.05. The average Bonchev–Trinajstić information content (AvgIpc) is 2.54. The summed E-state index contributed by atoms with van der Waals surface area (Å²) >= 11 is 0. The summed E-state index contributed by atoms with van der Waals surface area (Å²) in [5.41, 5.74) is 0.892. The zero-order valence-corrected chi connectivity index (χ0v) is 13.1. The predicted molar refractivity (Wildman–Crippen MR) is 83.2 cm³/mol. The number of hydrogen-bond acceptors (Lipinski definition) is 4. The number of likely N-dealkylation sites (tertiary alicyclic amines) is 1. The van der Waals surface area contributed by atoms with Crippen LogP contribution in [0.4, 0.5) is 5.69 Å². The molecule has 0 radical (unpaired) electrons. The highest BCUT2D eigenvalue weighted by atomic mass is 16.5. The lowest BCUT2D eigenvalue weighted by Crippen LogP contribution is -2.41. The molecule has 0 saturated carbocycles. The van der Waals surface area contributed by atoms with Gasteiger partial charge in [0.2, 0.25) is 5.91 Å². The third-order valence-corrected chi connectivity index (χ3v) is 3.88. The molecule has 5 heteroatoms. The van der Waals surface area contributed by atoms with Gasteiger partial charge in [-0.1, -0.05) is 0 Å². The van der Waals surface area contributed by atoms with E-state index in [0.717, 1.165) is 37.4 Å². The van der Waals surface area contributed by atoms with Crippen molar-refractivity contribution in [3.05, 3.63) is 18.2 Å². The largest absolute Gasteiger partial charge is 0.497 e. The number of anilines is 1. The Morgan fingerprint density at radius 1 is 1.19 bits per heavy atom. The predicted octanol–water partition coefficient (Wildman–Crippen LogP) is 2.15. The molecule has 0 bridgehead atoms. The Hall–Kier alpha value is -1.91. The molecule has 1 fully saturated rings. The number of ether oxygens (including phenoxy) is 2. The van der Waals surface area contributed by atoms with Crippen molar-refractivity contribution >= 4 is 11.6 Å². The number of carbonyl (C=O) groups excluding carboxylic acids is 1. The van der Waals surface area contributed by atoms with Crippen LogP contribution in [0.2, 0.25) is 0 Å². The Kier molecular flexibility index (Phi) is 5.31. The molecular weight excluding hydrogens is 268 g/mol. The number of amides is 1. The minimum Gasteiger partial charge on any atom is -0.497 e. The molecule has 2 rings (SSSR count). The number of likely N-dealkylation sites (N-methyl/N-ethyl adjacent to an activating group) is 1. The highest BCUT2D eigenvalue weighted by Crippen LogP contribution is 2.31. The van der Waals surface area contributed by atoms with Crippen LogP contribution in [0.25, 0.3) is 0 Å². The van der Waals surface area contributed by atoms with Crippen molar-refractivity contribution in [3.8, 4) is 11.5 Å². The highest BCUT2D eigenvalue weighted by Gasteiger charge is 2.19. The maximum Gasteiger partial charge on any atom is 0.242 e. The van der Waals surface area contributed by atoms with Crippen LogP contribution in [-0.4, -0.2) is 51.7 Å². The number of carbonyl (C=O) groups is 1. The third-order valence-electron chi connectivity index (χ3n) is 3.88. The maximum absolute atomic E-state index is 12.3. The fourth-order valence-electron chi connectivity index (χ4n) is 2.63. The normalized spacial score (nSPS) is 14.7. The Morgan fingerprint density at radius 3 is 2.52 bits per heavy atom. The number of nitrogens with zero attached hydrogens (tertiary/aromatic N) is 2. The number of piperidine rings is 1. The van der Waals surface area contributed by atoms with Crippen LogP contribution in [0.5, 0.6) is 11.5 Å². The van der Waals surface area contributed by atoms with E-state index >= 15 is 0 Å². The van der Waals surface area contributed by atoms with Crippen LogP contribution in [-0.2, 0) is 4.79 Å². The number of benzene rings is 1. The quantitative estimate of drug-likeness (QED) is 0.834. The molecule has 0 aromatic heterocycles. The van der Waals surface area contributed by atoms with E-state index in [1.54, 1.807) is 14.2 Å². The van der Waals surface area contributed by atoms with Gasteiger partial charge >= 0.3 is 0 Å². The summed E-state index contributed by atoms with van der Waals surface area (Å²) in [4.78, 5) is 16.2. The zero-order valence-electron chi connectivity index (χ0n) is 13.1. The van der Waals surface area contributed by atoms with Crippen molar-refractivity contribution < 1.29 is 14.3 Å².